The van der Waals surface area contributed by atoms with Gasteiger partial charge in [0.1, 0.15) is 0 Å². The molecule has 106 valence electrons. The minimum absolute atomic E-state index is 0.468. The van der Waals surface area contributed by atoms with Crippen molar-refractivity contribution in [2.24, 2.45) is 11.7 Å². The van der Waals surface area contributed by atoms with Crippen LogP contribution in [0.25, 0.3) is 0 Å². The van der Waals surface area contributed by atoms with Crippen molar-refractivity contribution in [3.8, 4) is 11.5 Å². The Morgan fingerprint density at radius 1 is 1.32 bits per heavy atom. The molecule has 1 aliphatic carbocycles. The molecular weight excluding hydrogens is 240 g/mol. The Balaban J connectivity index is 2.13. The summed E-state index contributed by atoms with van der Waals surface area (Å²) in [7, 11) is 5.48. The maximum atomic E-state index is 5.90. The Morgan fingerprint density at radius 2 is 2.05 bits per heavy atom. The Kier molecular flexibility index (Phi) is 4.66. The molecule has 19 heavy (non-hydrogen) atoms. The van der Waals surface area contributed by atoms with Gasteiger partial charge in [-0.25, -0.2) is 0 Å². The highest BCUT2D eigenvalue weighted by atomic mass is 16.5. The number of rotatable bonds is 7. The van der Waals surface area contributed by atoms with Crippen LogP contribution >= 0.6 is 0 Å². The molecule has 0 bridgehead atoms. The van der Waals surface area contributed by atoms with Crippen LogP contribution in [0.1, 0.15) is 18.4 Å². The predicted octanol–water partition coefficient (Wildman–Crippen LogP) is 1.87. The monoisotopic (exact) mass is 264 g/mol. The van der Waals surface area contributed by atoms with E-state index in [2.05, 4.69) is 18.0 Å². The molecule has 0 radical (unpaired) electrons. The number of ether oxygens (including phenoxy) is 2. The van der Waals surface area contributed by atoms with Crippen LogP contribution in [-0.2, 0) is 6.54 Å². The van der Waals surface area contributed by atoms with Crippen LogP contribution in [0.2, 0.25) is 0 Å². The van der Waals surface area contributed by atoms with Crippen molar-refractivity contribution in [2.75, 3.05) is 27.8 Å². The summed E-state index contributed by atoms with van der Waals surface area (Å²) in [4.78, 5) is 2.33. The standard InChI is InChI=1S/C15H24N2O2/c1-17(13(9-16)11-7-8-11)10-12-5-4-6-14(18-2)15(12)19-3/h4-6,11,13H,7-10,16H2,1-3H3. The molecule has 2 N–H and O–H groups in total. The van der Waals surface area contributed by atoms with Crippen LogP contribution in [-0.4, -0.2) is 38.8 Å². The number of hydrogen-bond acceptors (Lipinski definition) is 4. The molecule has 1 aliphatic rings. The summed E-state index contributed by atoms with van der Waals surface area (Å²) < 4.78 is 10.8. The van der Waals surface area contributed by atoms with Gasteiger partial charge in [-0.3, -0.25) is 4.90 Å². The highest BCUT2D eigenvalue weighted by molar-refractivity contribution is 5.46. The summed E-state index contributed by atoms with van der Waals surface area (Å²) >= 11 is 0. The van der Waals surface area contributed by atoms with E-state index in [9.17, 15) is 0 Å². The number of likely N-dealkylation sites (N-methyl/N-ethyl adjacent to an activating group) is 1. The van der Waals surface area contributed by atoms with E-state index in [0.717, 1.165) is 29.5 Å². The Hall–Kier alpha value is -1.26. The summed E-state index contributed by atoms with van der Waals surface area (Å²) in [5.41, 5.74) is 7.04. The largest absolute Gasteiger partial charge is 0.493 e. The van der Waals surface area contributed by atoms with E-state index in [-0.39, 0.29) is 0 Å². The van der Waals surface area contributed by atoms with Gasteiger partial charge in [-0.05, 0) is 31.9 Å². The quantitative estimate of drug-likeness (QED) is 0.817. The highest BCUT2D eigenvalue weighted by Crippen LogP contribution is 2.36. The molecular formula is C15H24N2O2. The lowest BCUT2D eigenvalue weighted by atomic mass is 10.1. The van der Waals surface area contributed by atoms with Crippen molar-refractivity contribution < 1.29 is 9.47 Å². The second kappa shape index (κ2) is 6.26. The van der Waals surface area contributed by atoms with Crippen molar-refractivity contribution >= 4 is 0 Å². The number of hydrogen-bond donors (Lipinski definition) is 1. The van der Waals surface area contributed by atoms with Crippen molar-refractivity contribution in [1.29, 1.82) is 0 Å². The fourth-order valence-corrected chi connectivity index (χ4v) is 2.68. The first kappa shape index (κ1) is 14.2. The molecule has 1 unspecified atom stereocenters. The zero-order valence-electron chi connectivity index (χ0n) is 12.1. The molecule has 0 spiro atoms. The van der Waals surface area contributed by atoms with E-state index in [1.165, 1.54) is 12.8 Å². The van der Waals surface area contributed by atoms with Crippen molar-refractivity contribution in [2.45, 2.75) is 25.4 Å². The van der Waals surface area contributed by atoms with Gasteiger partial charge in [-0.15, -0.1) is 0 Å². The van der Waals surface area contributed by atoms with Crippen LogP contribution < -0.4 is 15.2 Å². The van der Waals surface area contributed by atoms with Gasteiger partial charge in [-0.2, -0.15) is 0 Å². The van der Waals surface area contributed by atoms with E-state index in [1.54, 1.807) is 14.2 Å². The van der Waals surface area contributed by atoms with Gasteiger partial charge in [0, 0.05) is 24.7 Å². The second-order valence-electron chi connectivity index (χ2n) is 5.21. The molecule has 1 atom stereocenters. The molecule has 0 aromatic heterocycles. The van der Waals surface area contributed by atoms with Gasteiger partial charge in [0.2, 0.25) is 0 Å². The van der Waals surface area contributed by atoms with Crippen LogP contribution in [0.3, 0.4) is 0 Å². The van der Waals surface area contributed by atoms with Crippen LogP contribution in [0.4, 0.5) is 0 Å². The number of methoxy groups -OCH3 is 2. The highest BCUT2D eigenvalue weighted by Gasteiger charge is 2.33. The molecule has 4 nitrogen and oxygen atoms in total. The van der Waals surface area contributed by atoms with Crippen molar-refractivity contribution in [3.63, 3.8) is 0 Å². The Bertz CT molecular complexity index is 419. The number of benzene rings is 1. The molecule has 1 fully saturated rings. The molecule has 0 heterocycles. The maximum Gasteiger partial charge on any atom is 0.165 e. The zero-order valence-corrected chi connectivity index (χ0v) is 12.1. The van der Waals surface area contributed by atoms with E-state index < -0.39 is 0 Å². The number of nitrogens with zero attached hydrogens (tertiary/aromatic N) is 1. The van der Waals surface area contributed by atoms with Gasteiger partial charge in [0.25, 0.3) is 0 Å². The zero-order chi connectivity index (χ0) is 13.8. The van der Waals surface area contributed by atoms with Crippen LogP contribution in [0.5, 0.6) is 11.5 Å². The maximum absolute atomic E-state index is 5.90. The average molecular weight is 264 g/mol. The fourth-order valence-electron chi connectivity index (χ4n) is 2.68. The van der Waals surface area contributed by atoms with Gasteiger partial charge in [-0.1, -0.05) is 12.1 Å². The van der Waals surface area contributed by atoms with E-state index in [4.69, 9.17) is 15.2 Å². The molecule has 0 aliphatic heterocycles. The summed E-state index contributed by atoms with van der Waals surface area (Å²) in [6.07, 6.45) is 2.61. The van der Waals surface area contributed by atoms with Crippen LogP contribution in [0, 0.1) is 5.92 Å². The lowest BCUT2D eigenvalue weighted by Crippen LogP contribution is -2.39. The van der Waals surface area contributed by atoms with E-state index >= 15 is 0 Å². The van der Waals surface area contributed by atoms with Gasteiger partial charge < -0.3 is 15.2 Å². The minimum Gasteiger partial charge on any atom is -0.493 e. The van der Waals surface area contributed by atoms with E-state index in [1.807, 2.05) is 12.1 Å². The molecule has 4 heteroatoms. The summed E-state index contributed by atoms with van der Waals surface area (Å²) in [5.74, 6) is 2.37. The van der Waals surface area contributed by atoms with E-state index in [0.29, 0.717) is 12.6 Å². The van der Waals surface area contributed by atoms with Crippen LogP contribution in [0.15, 0.2) is 18.2 Å². The topological polar surface area (TPSA) is 47.7 Å². The normalized spacial score (nSPS) is 16.5. The third kappa shape index (κ3) is 3.19. The third-order valence-electron chi connectivity index (χ3n) is 3.88. The SMILES string of the molecule is COc1cccc(CN(C)C(CN)C2CC2)c1OC. The first-order chi connectivity index (χ1) is 9.21. The molecule has 1 aromatic rings. The van der Waals surface area contributed by atoms with Gasteiger partial charge in [0.05, 0.1) is 14.2 Å². The first-order valence-corrected chi connectivity index (χ1v) is 6.81. The summed E-state index contributed by atoms with van der Waals surface area (Å²) in [6.45, 7) is 1.55. The number of para-hydroxylation sites is 1. The summed E-state index contributed by atoms with van der Waals surface area (Å²) in [5, 5.41) is 0. The van der Waals surface area contributed by atoms with Crippen molar-refractivity contribution in [1.82, 2.24) is 4.90 Å². The molecule has 0 amide bonds. The van der Waals surface area contributed by atoms with Crippen molar-refractivity contribution in [3.05, 3.63) is 23.8 Å². The second-order valence-corrected chi connectivity index (χ2v) is 5.21. The smallest absolute Gasteiger partial charge is 0.165 e. The molecule has 2 rings (SSSR count). The molecule has 0 saturated heterocycles. The first-order valence-electron chi connectivity index (χ1n) is 6.81. The average Bonchev–Trinajstić information content (AvgIpc) is 3.23. The summed E-state index contributed by atoms with van der Waals surface area (Å²) in [6, 6.07) is 6.47. The molecule has 1 saturated carbocycles. The predicted molar refractivity (Wildman–Crippen MR) is 76.6 cm³/mol. The third-order valence-corrected chi connectivity index (χ3v) is 3.88. The fraction of sp³-hybridized carbons (Fsp3) is 0.600. The lowest BCUT2D eigenvalue weighted by molar-refractivity contribution is 0.212. The lowest BCUT2D eigenvalue weighted by Gasteiger charge is -2.27. The Morgan fingerprint density at radius 3 is 2.58 bits per heavy atom. The minimum atomic E-state index is 0.468. The molecule has 1 aromatic carbocycles. The number of nitrogens with two attached hydrogens (primary N) is 1. The Labute approximate surface area is 115 Å². The van der Waals surface area contributed by atoms with Gasteiger partial charge >= 0.3 is 0 Å². The van der Waals surface area contributed by atoms with Gasteiger partial charge in [0.15, 0.2) is 11.5 Å².